The molecule has 9 nitrogen and oxygen atoms in total. The van der Waals surface area contributed by atoms with Crippen LogP contribution in [0.15, 0.2) is 41.2 Å². The zero-order valence-corrected chi connectivity index (χ0v) is 14.9. The summed E-state index contributed by atoms with van der Waals surface area (Å²) in [5, 5.41) is 9.36. The summed E-state index contributed by atoms with van der Waals surface area (Å²) in [5.74, 6) is 1.78. The van der Waals surface area contributed by atoms with E-state index in [0.717, 1.165) is 24.4 Å². The largest absolute Gasteiger partial charge is 0.368 e. The van der Waals surface area contributed by atoms with Crippen LogP contribution in [0.1, 0.15) is 36.5 Å². The number of hydrogen-bond donors (Lipinski definition) is 2. The number of nitrogens with zero attached hydrogens (tertiary/aromatic N) is 4. The maximum absolute atomic E-state index is 12.1. The van der Waals surface area contributed by atoms with Gasteiger partial charge in [-0.1, -0.05) is 5.16 Å². The molecule has 0 saturated carbocycles. The molecule has 1 unspecified atom stereocenters. The van der Waals surface area contributed by atoms with Crippen molar-refractivity contribution in [3.8, 4) is 5.69 Å². The molecular weight excluding hydrogens is 348 g/mol. The van der Waals surface area contributed by atoms with Gasteiger partial charge >= 0.3 is 6.03 Å². The van der Waals surface area contributed by atoms with E-state index < -0.39 is 0 Å². The molecule has 1 aromatic carbocycles. The number of aryl methyl sites for hydroxylation is 1. The van der Waals surface area contributed by atoms with Crippen LogP contribution < -0.4 is 10.6 Å². The SMILES string of the molecule is Cc1nccn1-c1ccc(NC(=O)NCc2noc(C3CCCO3)n2)cc1. The van der Waals surface area contributed by atoms with E-state index in [4.69, 9.17) is 9.26 Å². The molecule has 0 bridgehead atoms. The van der Waals surface area contributed by atoms with Crippen LogP contribution in [-0.4, -0.2) is 32.3 Å². The van der Waals surface area contributed by atoms with Gasteiger partial charge < -0.3 is 24.5 Å². The lowest BCUT2D eigenvalue weighted by atomic mass is 10.2. The molecule has 3 aromatic rings. The van der Waals surface area contributed by atoms with Gasteiger partial charge in [0, 0.05) is 30.4 Å². The molecule has 0 spiro atoms. The first-order valence-electron chi connectivity index (χ1n) is 8.78. The monoisotopic (exact) mass is 368 g/mol. The zero-order valence-electron chi connectivity index (χ0n) is 14.9. The average molecular weight is 368 g/mol. The fourth-order valence-corrected chi connectivity index (χ4v) is 2.93. The third-order valence-electron chi connectivity index (χ3n) is 4.33. The van der Waals surface area contributed by atoms with Gasteiger partial charge in [-0.25, -0.2) is 9.78 Å². The van der Waals surface area contributed by atoms with Crippen molar-refractivity contribution in [2.24, 2.45) is 0 Å². The first-order valence-corrected chi connectivity index (χ1v) is 8.78. The van der Waals surface area contributed by atoms with Crippen LogP contribution in [0.25, 0.3) is 5.69 Å². The van der Waals surface area contributed by atoms with E-state index in [1.807, 2.05) is 42.0 Å². The minimum Gasteiger partial charge on any atom is -0.368 e. The summed E-state index contributed by atoms with van der Waals surface area (Å²) in [6.45, 7) is 2.82. The quantitative estimate of drug-likeness (QED) is 0.717. The topological polar surface area (TPSA) is 107 Å². The molecule has 1 aliphatic heterocycles. The maximum atomic E-state index is 12.1. The van der Waals surface area contributed by atoms with Crippen LogP contribution in [0, 0.1) is 6.92 Å². The predicted octanol–water partition coefficient (Wildman–Crippen LogP) is 2.74. The smallest absolute Gasteiger partial charge is 0.319 e. The van der Waals surface area contributed by atoms with E-state index in [1.165, 1.54) is 0 Å². The minimum absolute atomic E-state index is 0.127. The second-order valence-corrected chi connectivity index (χ2v) is 6.25. The number of anilines is 1. The number of hydrogen-bond acceptors (Lipinski definition) is 6. The Morgan fingerprint density at radius 3 is 2.89 bits per heavy atom. The normalized spacial score (nSPS) is 16.4. The van der Waals surface area contributed by atoms with Gasteiger partial charge in [0.2, 0.25) is 0 Å². The Hall–Kier alpha value is -3.20. The second kappa shape index (κ2) is 7.58. The molecule has 27 heavy (non-hydrogen) atoms. The molecule has 1 aliphatic rings. The molecule has 1 atom stereocenters. The molecule has 9 heteroatoms. The van der Waals surface area contributed by atoms with Gasteiger partial charge in [-0.3, -0.25) is 0 Å². The number of nitrogens with one attached hydrogen (secondary N) is 2. The lowest BCUT2D eigenvalue weighted by molar-refractivity contribution is 0.0835. The van der Waals surface area contributed by atoms with Gasteiger partial charge in [0.25, 0.3) is 5.89 Å². The van der Waals surface area contributed by atoms with E-state index in [2.05, 4.69) is 25.8 Å². The molecule has 2 N–H and O–H groups in total. The fourth-order valence-electron chi connectivity index (χ4n) is 2.93. The van der Waals surface area contributed by atoms with Crippen molar-refractivity contribution >= 4 is 11.7 Å². The van der Waals surface area contributed by atoms with E-state index in [9.17, 15) is 4.79 Å². The Balaban J connectivity index is 1.30. The summed E-state index contributed by atoms with van der Waals surface area (Å²) in [6.07, 6.45) is 5.38. The molecule has 2 amide bonds. The van der Waals surface area contributed by atoms with Crippen LogP contribution in [-0.2, 0) is 11.3 Å². The van der Waals surface area contributed by atoms with Crippen LogP contribution in [0.4, 0.5) is 10.5 Å². The number of aromatic nitrogens is 4. The van der Waals surface area contributed by atoms with Crippen LogP contribution in [0.2, 0.25) is 0 Å². The highest BCUT2D eigenvalue weighted by Crippen LogP contribution is 2.26. The van der Waals surface area contributed by atoms with Gasteiger partial charge in [-0.2, -0.15) is 4.98 Å². The summed E-state index contributed by atoms with van der Waals surface area (Å²) >= 11 is 0. The number of benzene rings is 1. The third kappa shape index (κ3) is 3.98. The van der Waals surface area contributed by atoms with Gasteiger partial charge in [-0.05, 0) is 44.0 Å². The highest BCUT2D eigenvalue weighted by atomic mass is 16.5. The molecule has 1 saturated heterocycles. The maximum Gasteiger partial charge on any atom is 0.319 e. The predicted molar refractivity (Wildman–Crippen MR) is 96.4 cm³/mol. The number of ether oxygens (including phenoxy) is 1. The van der Waals surface area contributed by atoms with E-state index in [1.54, 1.807) is 6.20 Å². The van der Waals surface area contributed by atoms with Gasteiger partial charge in [0.1, 0.15) is 11.9 Å². The highest BCUT2D eigenvalue weighted by molar-refractivity contribution is 5.89. The van der Waals surface area contributed by atoms with Crippen molar-refractivity contribution in [1.29, 1.82) is 0 Å². The summed E-state index contributed by atoms with van der Waals surface area (Å²) in [5.41, 5.74) is 1.66. The molecule has 1 fully saturated rings. The van der Waals surface area contributed by atoms with Crippen molar-refractivity contribution in [1.82, 2.24) is 25.0 Å². The van der Waals surface area contributed by atoms with Gasteiger partial charge in [0.15, 0.2) is 5.82 Å². The highest BCUT2D eigenvalue weighted by Gasteiger charge is 2.23. The van der Waals surface area contributed by atoms with Crippen molar-refractivity contribution in [2.45, 2.75) is 32.4 Å². The number of carbonyl (C=O) groups excluding carboxylic acids is 1. The Kier molecular flexibility index (Phi) is 4.84. The van der Waals surface area contributed by atoms with Crippen molar-refractivity contribution in [3.63, 3.8) is 0 Å². The average Bonchev–Trinajstić information content (AvgIpc) is 3.42. The first-order chi connectivity index (χ1) is 13.2. The molecule has 0 aliphatic carbocycles. The summed E-state index contributed by atoms with van der Waals surface area (Å²) in [4.78, 5) is 20.5. The summed E-state index contributed by atoms with van der Waals surface area (Å²) in [7, 11) is 0. The summed E-state index contributed by atoms with van der Waals surface area (Å²) < 4.78 is 12.7. The third-order valence-corrected chi connectivity index (χ3v) is 4.33. The van der Waals surface area contributed by atoms with E-state index in [0.29, 0.717) is 24.0 Å². The van der Waals surface area contributed by atoms with Crippen molar-refractivity contribution in [2.75, 3.05) is 11.9 Å². The molecular formula is C18H20N6O3. The minimum atomic E-state index is -0.343. The number of carbonyl (C=O) groups is 1. The molecule has 3 heterocycles. The number of imidazole rings is 1. The van der Waals surface area contributed by atoms with Gasteiger partial charge in [0.05, 0.1) is 6.54 Å². The fraction of sp³-hybridized carbons (Fsp3) is 0.333. The molecule has 140 valence electrons. The Bertz CT molecular complexity index is 911. The van der Waals surface area contributed by atoms with Gasteiger partial charge in [-0.15, -0.1) is 0 Å². The summed E-state index contributed by atoms with van der Waals surface area (Å²) in [6, 6.07) is 7.15. The molecule has 4 rings (SSSR count). The first kappa shape index (κ1) is 17.2. The van der Waals surface area contributed by atoms with E-state index >= 15 is 0 Å². The standard InChI is InChI=1S/C18H20N6O3/c1-12-19-8-9-24(12)14-6-4-13(5-7-14)21-18(25)20-11-16-22-17(27-23-16)15-3-2-10-26-15/h4-9,15H,2-3,10-11H2,1H3,(H2,20,21,25). The lowest BCUT2D eigenvalue weighted by Gasteiger charge is -2.08. The van der Waals surface area contributed by atoms with Crippen LogP contribution >= 0.6 is 0 Å². The van der Waals surface area contributed by atoms with Crippen molar-refractivity contribution in [3.05, 3.63) is 54.2 Å². The lowest BCUT2D eigenvalue weighted by Crippen LogP contribution is -2.28. The van der Waals surface area contributed by atoms with Crippen LogP contribution in [0.3, 0.4) is 0 Å². The Morgan fingerprint density at radius 2 is 2.19 bits per heavy atom. The van der Waals surface area contributed by atoms with Crippen LogP contribution in [0.5, 0.6) is 0 Å². The number of rotatable bonds is 5. The zero-order chi connectivity index (χ0) is 18.6. The number of urea groups is 1. The Morgan fingerprint density at radius 1 is 1.33 bits per heavy atom. The Labute approximate surface area is 155 Å². The molecule has 0 radical (unpaired) electrons. The van der Waals surface area contributed by atoms with E-state index in [-0.39, 0.29) is 18.7 Å². The van der Waals surface area contributed by atoms with Crippen molar-refractivity contribution < 1.29 is 14.1 Å². The number of amides is 2. The molecule has 2 aromatic heterocycles. The second-order valence-electron chi connectivity index (χ2n) is 6.25.